The Bertz CT molecular complexity index is 467. The molecule has 1 heterocycles. The number of anilines is 1. The molecule has 6 heteroatoms. The highest BCUT2D eigenvalue weighted by molar-refractivity contribution is 5.96. The Kier molecular flexibility index (Phi) is 4.34. The van der Waals surface area contributed by atoms with Gasteiger partial charge in [0.25, 0.3) is 0 Å². The highest BCUT2D eigenvalue weighted by Crippen LogP contribution is 2.25. The van der Waals surface area contributed by atoms with Gasteiger partial charge in [0.2, 0.25) is 5.91 Å². The van der Waals surface area contributed by atoms with E-state index in [0.717, 1.165) is 13.1 Å². The number of amides is 1. The second-order valence-electron chi connectivity index (χ2n) is 4.60. The van der Waals surface area contributed by atoms with E-state index < -0.39 is 5.82 Å². The summed E-state index contributed by atoms with van der Waals surface area (Å²) in [4.78, 5) is 14.2. The van der Waals surface area contributed by atoms with Crippen LogP contribution in [0.2, 0.25) is 0 Å². The molecule has 1 aromatic carbocycles. The van der Waals surface area contributed by atoms with Crippen molar-refractivity contribution < 1.29 is 13.9 Å². The van der Waals surface area contributed by atoms with Crippen LogP contribution in [0.15, 0.2) is 18.2 Å². The van der Waals surface area contributed by atoms with Gasteiger partial charge in [0.05, 0.1) is 18.8 Å². The average molecular weight is 267 g/mol. The lowest BCUT2D eigenvalue weighted by atomic mass is 10.2. The molecule has 0 radical (unpaired) electrons. The Morgan fingerprint density at radius 1 is 1.58 bits per heavy atom. The molecule has 2 N–H and O–H groups in total. The monoisotopic (exact) mass is 267 g/mol. The summed E-state index contributed by atoms with van der Waals surface area (Å²) in [6, 6.07) is 3.74. The summed E-state index contributed by atoms with van der Waals surface area (Å²) in [5.41, 5.74) is 0.350. The maximum absolute atomic E-state index is 13.2. The third-order valence-corrected chi connectivity index (χ3v) is 3.11. The molecule has 1 aromatic rings. The van der Waals surface area contributed by atoms with Crippen LogP contribution >= 0.6 is 0 Å². The normalized spacial score (nSPS) is 20.1. The van der Waals surface area contributed by atoms with Crippen LogP contribution in [0.4, 0.5) is 10.1 Å². The topological polar surface area (TPSA) is 53.6 Å². The summed E-state index contributed by atoms with van der Waals surface area (Å²) < 4.78 is 18.3. The number of hydrogen-bond acceptors (Lipinski definition) is 4. The summed E-state index contributed by atoms with van der Waals surface area (Å²) in [6.45, 7) is 2.30. The van der Waals surface area contributed by atoms with E-state index in [2.05, 4.69) is 15.5 Å². The number of likely N-dealkylation sites (N-methyl/N-ethyl adjacent to an activating group) is 1. The minimum absolute atomic E-state index is 0.185. The summed E-state index contributed by atoms with van der Waals surface area (Å²) in [5, 5.41) is 5.83. The first-order valence-corrected chi connectivity index (χ1v) is 6.16. The first-order valence-electron chi connectivity index (χ1n) is 6.16. The van der Waals surface area contributed by atoms with Gasteiger partial charge in [-0.25, -0.2) is 4.39 Å². The van der Waals surface area contributed by atoms with Gasteiger partial charge >= 0.3 is 0 Å². The fourth-order valence-corrected chi connectivity index (χ4v) is 2.07. The molecular formula is C13H18FN3O2. The Hall–Kier alpha value is -1.66. The lowest BCUT2D eigenvalue weighted by molar-refractivity contribution is -0.119. The number of methoxy groups -OCH3 is 1. The lowest BCUT2D eigenvalue weighted by Crippen LogP contribution is -2.54. The van der Waals surface area contributed by atoms with Crippen molar-refractivity contribution in [1.82, 2.24) is 10.2 Å². The van der Waals surface area contributed by atoms with Crippen molar-refractivity contribution in [3.8, 4) is 5.75 Å². The number of halogens is 1. The van der Waals surface area contributed by atoms with Gasteiger partial charge < -0.3 is 20.3 Å². The largest absolute Gasteiger partial charge is 0.495 e. The van der Waals surface area contributed by atoms with Crippen LogP contribution < -0.4 is 15.4 Å². The number of rotatable bonds is 3. The van der Waals surface area contributed by atoms with Gasteiger partial charge in [-0.1, -0.05) is 0 Å². The van der Waals surface area contributed by atoms with Gasteiger partial charge in [-0.2, -0.15) is 0 Å². The molecule has 1 amide bonds. The van der Waals surface area contributed by atoms with Crippen LogP contribution in [-0.4, -0.2) is 50.6 Å². The maximum Gasteiger partial charge on any atom is 0.242 e. The fraction of sp³-hybridized carbons (Fsp3) is 0.462. The molecule has 1 unspecified atom stereocenters. The summed E-state index contributed by atoms with van der Waals surface area (Å²) in [6.07, 6.45) is 0. The number of ether oxygens (including phenoxy) is 1. The van der Waals surface area contributed by atoms with Crippen molar-refractivity contribution in [1.29, 1.82) is 0 Å². The van der Waals surface area contributed by atoms with Gasteiger partial charge in [-0.15, -0.1) is 0 Å². The van der Waals surface area contributed by atoms with Crippen molar-refractivity contribution in [2.45, 2.75) is 6.04 Å². The highest BCUT2D eigenvalue weighted by Gasteiger charge is 2.24. The van der Waals surface area contributed by atoms with Crippen molar-refractivity contribution >= 4 is 11.6 Å². The number of carbonyl (C=O) groups is 1. The quantitative estimate of drug-likeness (QED) is 0.845. The highest BCUT2D eigenvalue weighted by atomic mass is 19.1. The Morgan fingerprint density at radius 3 is 3.05 bits per heavy atom. The molecule has 0 saturated carbocycles. The molecule has 0 bridgehead atoms. The molecule has 1 saturated heterocycles. The van der Waals surface area contributed by atoms with Crippen LogP contribution in [0, 0.1) is 5.82 Å². The fourth-order valence-electron chi connectivity index (χ4n) is 2.07. The lowest BCUT2D eigenvalue weighted by Gasteiger charge is -2.30. The predicted octanol–water partition coefficient (Wildman–Crippen LogP) is 0.676. The number of hydrogen-bond donors (Lipinski definition) is 2. The third-order valence-electron chi connectivity index (χ3n) is 3.11. The van der Waals surface area contributed by atoms with E-state index in [-0.39, 0.29) is 11.9 Å². The molecule has 2 rings (SSSR count). The van der Waals surface area contributed by atoms with Crippen LogP contribution in [0.3, 0.4) is 0 Å². The summed E-state index contributed by atoms with van der Waals surface area (Å²) in [5.74, 6) is -0.154. The van der Waals surface area contributed by atoms with E-state index in [9.17, 15) is 9.18 Å². The number of nitrogens with one attached hydrogen (secondary N) is 2. The standard InChI is InChI=1S/C13H18FN3O2/c1-17-6-5-15-11(8-17)13(18)16-10-7-9(14)3-4-12(10)19-2/h3-4,7,11,15H,5-6,8H2,1-2H3,(H,16,18). The van der Waals surface area contributed by atoms with E-state index in [1.807, 2.05) is 7.05 Å². The van der Waals surface area contributed by atoms with Crippen molar-refractivity contribution in [3.05, 3.63) is 24.0 Å². The molecule has 0 aliphatic carbocycles. The first kappa shape index (κ1) is 13.8. The Balaban J connectivity index is 2.07. The number of nitrogens with zero attached hydrogens (tertiary/aromatic N) is 1. The van der Waals surface area contributed by atoms with Crippen LogP contribution in [0.5, 0.6) is 5.75 Å². The minimum atomic E-state index is -0.412. The van der Waals surface area contributed by atoms with Gasteiger partial charge in [0.15, 0.2) is 0 Å². The Morgan fingerprint density at radius 2 is 2.37 bits per heavy atom. The van der Waals surface area contributed by atoms with Gasteiger partial charge in [0.1, 0.15) is 11.6 Å². The van der Waals surface area contributed by atoms with Crippen LogP contribution in [-0.2, 0) is 4.79 Å². The van der Waals surface area contributed by atoms with Gasteiger partial charge in [-0.05, 0) is 19.2 Å². The molecule has 104 valence electrons. The molecule has 0 spiro atoms. The molecule has 1 fully saturated rings. The smallest absolute Gasteiger partial charge is 0.242 e. The van der Waals surface area contributed by atoms with Crippen LogP contribution in [0.1, 0.15) is 0 Å². The second kappa shape index (κ2) is 5.99. The van der Waals surface area contributed by atoms with E-state index in [1.165, 1.54) is 25.3 Å². The number of carbonyl (C=O) groups excluding carboxylic acids is 1. The molecular weight excluding hydrogens is 249 g/mol. The van der Waals surface area contributed by atoms with Crippen molar-refractivity contribution in [3.63, 3.8) is 0 Å². The summed E-state index contributed by atoms with van der Waals surface area (Å²) >= 11 is 0. The number of piperazine rings is 1. The van der Waals surface area contributed by atoms with Crippen LogP contribution in [0.25, 0.3) is 0 Å². The number of benzene rings is 1. The minimum Gasteiger partial charge on any atom is -0.495 e. The van der Waals surface area contributed by atoms with Gasteiger partial charge in [-0.3, -0.25) is 4.79 Å². The van der Waals surface area contributed by atoms with Crippen molar-refractivity contribution in [2.75, 3.05) is 39.1 Å². The average Bonchev–Trinajstić information content (AvgIpc) is 2.39. The zero-order valence-electron chi connectivity index (χ0n) is 11.1. The summed E-state index contributed by atoms with van der Waals surface area (Å²) in [7, 11) is 3.44. The van der Waals surface area contributed by atoms with E-state index in [1.54, 1.807) is 0 Å². The SMILES string of the molecule is COc1ccc(F)cc1NC(=O)C1CN(C)CCN1. The van der Waals surface area contributed by atoms with E-state index >= 15 is 0 Å². The van der Waals surface area contributed by atoms with E-state index in [4.69, 9.17) is 4.74 Å². The predicted molar refractivity (Wildman–Crippen MR) is 70.9 cm³/mol. The molecule has 1 atom stereocenters. The van der Waals surface area contributed by atoms with Crippen molar-refractivity contribution in [2.24, 2.45) is 0 Å². The zero-order valence-corrected chi connectivity index (χ0v) is 11.1. The first-order chi connectivity index (χ1) is 9.10. The van der Waals surface area contributed by atoms with E-state index in [0.29, 0.717) is 18.0 Å². The molecule has 1 aliphatic heterocycles. The second-order valence-corrected chi connectivity index (χ2v) is 4.60. The molecule has 5 nitrogen and oxygen atoms in total. The zero-order chi connectivity index (χ0) is 13.8. The molecule has 1 aliphatic rings. The molecule has 0 aromatic heterocycles. The Labute approximate surface area is 111 Å². The maximum atomic E-state index is 13.2. The molecule has 19 heavy (non-hydrogen) atoms. The third kappa shape index (κ3) is 3.42. The van der Waals surface area contributed by atoms with Gasteiger partial charge in [0, 0.05) is 25.7 Å².